The zero-order valence-electron chi connectivity index (χ0n) is 22.5. The molecule has 3 heterocycles. The molecule has 2 aromatic carbocycles. The fourth-order valence-electron chi connectivity index (χ4n) is 4.43. The lowest BCUT2D eigenvalue weighted by molar-refractivity contribution is -0.111. The first kappa shape index (κ1) is 26.6. The van der Waals surface area contributed by atoms with E-state index in [0.717, 1.165) is 22.5 Å². The van der Waals surface area contributed by atoms with Crippen molar-refractivity contribution in [3.8, 4) is 0 Å². The molecule has 1 aliphatic rings. The average Bonchev–Trinajstić information content (AvgIpc) is 3.26. The van der Waals surface area contributed by atoms with E-state index in [4.69, 9.17) is 9.72 Å². The van der Waals surface area contributed by atoms with Gasteiger partial charge in [-0.05, 0) is 30.7 Å². The number of hydrogen-bond acceptors (Lipinski definition) is 7. The van der Waals surface area contributed by atoms with Gasteiger partial charge in [0.25, 0.3) is 0 Å². The minimum Gasteiger partial charge on any atom is -0.381 e. The molecule has 40 heavy (non-hydrogen) atoms. The topological polar surface area (TPSA) is 118 Å². The fraction of sp³-hybridized carbons (Fsp3) is 0.207. The predicted molar refractivity (Wildman–Crippen MR) is 153 cm³/mol. The molecule has 0 bridgehead atoms. The number of fused-ring (bicyclic) bond motifs is 1. The standard InChI is InChI=1S/C29H30N8O3/c1-20-25(19-35(2)34-20)32-28-30-16-22-18-36(17-21-9-5-4-6-10-21)29(39)37(27(22)33-28)24-12-7-11-23(15-24)31-26(38)13-8-14-40-3/h4-13,15-16,19H,14,17-18H2,1-3H3,(H,31,38)(H,30,32,33)/b13-8+. The summed E-state index contributed by atoms with van der Waals surface area (Å²) in [4.78, 5) is 38.9. The summed E-state index contributed by atoms with van der Waals surface area (Å²) in [5, 5.41) is 10.4. The Kier molecular flexibility index (Phi) is 7.83. The second-order valence-electron chi connectivity index (χ2n) is 9.33. The third kappa shape index (κ3) is 6.00. The van der Waals surface area contributed by atoms with E-state index in [1.807, 2.05) is 56.6 Å². The average molecular weight is 539 g/mol. The molecule has 0 saturated carbocycles. The molecule has 4 aromatic rings. The van der Waals surface area contributed by atoms with Gasteiger partial charge in [-0.2, -0.15) is 10.1 Å². The minimum atomic E-state index is -0.300. The maximum Gasteiger partial charge on any atom is 0.330 e. The van der Waals surface area contributed by atoms with Crippen molar-refractivity contribution in [1.82, 2.24) is 24.6 Å². The highest BCUT2D eigenvalue weighted by molar-refractivity contribution is 6.03. The summed E-state index contributed by atoms with van der Waals surface area (Å²) in [6.07, 6.45) is 6.61. The normalized spacial score (nSPS) is 13.0. The number of nitrogens with one attached hydrogen (secondary N) is 2. The van der Waals surface area contributed by atoms with Crippen LogP contribution in [-0.4, -0.2) is 50.3 Å². The van der Waals surface area contributed by atoms with Gasteiger partial charge in [-0.15, -0.1) is 0 Å². The third-order valence-electron chi connectivity index (χ3n) is 6.26. The molecule has 0 radical (unpaired) electrons. The number of methoxy groups -OCH3 is 1. The van der Waals surface area contributed by atoms with Gasteiger partial charge in [0.1, 0.15) is 0 Å². The number of carbonyl (C=O) groups excluding carboxylic acids is 2. The molecule has 5 rings (SSSR count). The number of carbonyl (C=O) groups is 2. The Balaban J connectivity index is 1.50. The molecule has 204 valence electrons. The van der Waals surface area contributed by atoms with Gasteiger partial charge < -0.3 is 20.3 Å². The summed E-state index contributed by atoms with van der Waals surface area (Å²) in [5.41, 5.74) is 4.47. The lowest BCUT2D eigenvalue weighted by Crippen LogP contribution is -2.45. The van der Waals surface area contributed by atoms with Crippen LogP contribution in [0.4, 0.5) is 33.6 Å². The third-order valence-corrected chi connectivity index (χ3v) is 6.26. The smallest absolute Gasteiger partial charge is 0.330 e. The van der Waals surface area contributed by atoms with Gasteiger partial charge in [-0.25, -0.2) is 14.7 Å². The zero-order chi connectivity index (χ0) is 28.1. The Morgan fingerprint density at radius 3 is 2.73 bits per heavy atom. The van der Waals surface area contributed by atoms with E-state index in [1.54, 1.807) is 52.1 Å². The maximum absolute atomic E-state index is 14.0. The number of nitrogens with zero attached hydrogens (tertiary/aromatic N) is 6. The lowest BCUT2D eigenvalue weighted by atomic mass is 10.1. The molecule has 0 atom stereocenters. The van der Waals surface area contributed by atoms with Crippen LogP contribution in [0.5, 0.6) is 0 Å². The van der Waals surface area contributed by atoms with E-state index < -0.39 is 0 Å². The van der Waals surface area contributed by atoms with Gasteiger partial charge in [0, 0.05) is 50.4 Å². The van der Waals surface area contributed by atoms with Crippen LogP contribution >= 0.6 is 0 Å². The maximum atomic E-state index is 14.0. The number of rotatable bonds is 9. The molecule has 3 amide bonds. The Bertz CT molecular complexity index is 1550. The van der Waals surface area contributed by atoms with E-state index in [0.29, 0.717) is 42.8 Å². The SMILES string of the molecule is COC/C=C/C(=O)Nc1cccc(N2C(=O)N(Cc3ccccc3)Cc3cnc(Nc4cn(C)nc4C)nc32)c1. The summed E-state index contributed by atoms with van der Waals surface area (Å²) < 4.78 is 6.66. The molecule has 1 aliphatic heterocycles. The number of aryl methyl sites for hydroxylation is 2. The number of amides is 3. The molecular weight excluding hydrogens is 508 g/mol. The molecule has 11 heteroatoms. The van der Waals surface area contributed by atoms with Crippen molar-refractivity contribution >= 4 is 40.8 Å². The van der Waals surface area contributed by atoms with Gasteiger partial charge in [0.05, 0.1) is 30.2 Å². The Morgan fingerprint density at radius 1 is 1.15 bits per heavy atom. The fourth-order valence-corrected chi connectivity index (χ4v) is 4.43. The highest BCUT2D eigenvalue weighted by atomic mass is 16.5. The van der Waals surface area contributed by atoms with Crippen LogP contribution in [0.3, 0.4) is 0 Å². The van der Waals surface area contributed by atoms with E-state index >= 15 is 0 Å². The number of hydrogen-bond donors (Lipinski definition) is 2. The molecule has 0 spiro atoms. The lowest BCUT2D eigenvalue weighted by Gasteiger charge is -2.36. The van der Waals surface area contributed by atoms with Crippen molar-refractivity contribution in [1.29, 1.82) is 0 Å². The van der Waals surface area contributed by atoms with Crippen molar-refractivity contribution in [2.24, 2.45) is 7.05 Å². The number of ether oxygens (including phenoxy) is 1. The van der Waals surface area contributed by atoms with Crippen LogP contribution in [0.2, 0.25) is 0 Å². The quantitative estimate of drug-likeness (QED) is 0.297. The van der Waals surface area contributed by atoms with Crippen LogP contribution < -0.4 is 15.5 Å². The van der Waals surface area contributed by atoms with Crippen molar-refractivity contribution in [3.05, 3.63) is 96.0 Å². The molecular formula is C29H30N8O3. The van der Waals surface area contributed by atoms with Gasteiger partial charge in [0.15, 0.2) is 5.82 Å². The first-order chi connectivity index (χ1) is 19.4. The molecule has 0 aliphatic carbocycles. The van der Waals surface area contributed by atoms with Crippen LogP contribution in [0, 0.1) is 6.92 Å². The summed E-state index contributed by atoms with van der Waals surface area (Å²) >= 11 is 0. The highest BCUT2D eigenvalue weighted by Gasteiger charge is 2.33. The molecule has 0 unspecified atom stereocenters. The number of urea groups is 1. The Morgan fingerprint density at radius 2 is 1.98 bits per heavy atom. The molecule has 2 N–H and O–H groups in total. The largest absolute Gasteiger partial charge is 0.381 e. The second kappa shape index (κ2) is 11.8. The summed E-state index contributed by atoms with van der Waals surface area (Å²) in [6.45, 7) is 3.00. The van der Waals surface area contributed by atoms with Gasteiger partial charge in [-0.3, -0.25) is 9.48 Å². The van der Waals surface area contributed by atoms with E-state index in [1.165, 1.54) is 6.08 Å². The van der Waals surface area contributed by atoms with Crippen molar-refractivity contribution in [3.63, 3.8) is 0 Å². The highest BCUT2D eigenvalue weighted by Crippen LogP contribution is 2.36. The monoisotopic (exact) mass is 538 g/mol. The molecule has 11 nitrogen and oxygen atoms in total. The van der Waals surface area contributed by atoms with Crippen molar-refractivity contribution in [2.45, 2.75) is 20.0 Å². The van der Waals surface area contributed by atoms with Gasteiger partial charge in [-0.1, -0.05) is 42.5 Å². The van der Waals surface area contributed by atoms with Crippen LogP contribution in [-0.2, 0) is 29.7 Å². The molecule has 0 saturated heterocycles. The molecule has 0 fully saturated rings. The van der Waals surface area contributed by atoms with Crippen molar-refractivity contribution < 1.29 is 14.3 Å². The Hall–Kier alpha value is -5.03. The van der Waals surface area contributed by atoms with Gasteiger partial charge in [0.2, 0.25) is 11.9 Å². The first-order valence-corrected chi connectivity index (χ1v) is 12.7. The molecule has 2 aromatic heterocycles. The zero-order valence-corrected chi connectivity index (χ0v) is 22.5. The first-order valence-electron chi connectivity index (χ1n) is 12.7. The number of anilines is 5. The van der Waals surface area contributed by atoms with E-state index in [-0.39, 0.29) is 11.9 Å². The van der Waals surface area contributed by atoms with Crippen molar-refractivity contribution in [2.75, 3.05) is 29.3 Å². The minimum absolute atomic E-state index is 0.234. The summed E-state index contributed by atoms with van der Waals surface area (Å²) in [6, 6.07) is 16.7. The second-order valence-corrected chi connectivity index (χ2v) is 9.33. The summed E-state index contributed by atoms with van der Waals surface area (Å²) in [7, 11) is 3.40. The number of aromatic nitrogens is 4. The summed E-state index contributed by atoms with van der Waals surface area (Å²) in [5.74, 6) is 0.514. The van der Waals surface area contributed by atoms with Crippen LogP contribution in [0.25, 0.3) is 0 Å². The van der Waals surface area contributed by atoms with E-state index in [9.17, 15) is 9.59 Å². The predicted octanol–water partition coefficient (Wildman–Crippen LogP) is 4.68. The number of benzene rings is 2. The van der Waals surface area contributed by atoms with Crippen LogP contribution in [0.1, 0.15) is 16.8 Å². The van der Waals surface area contributed by atoms with Gasteiger partial charge >= 0.3 is 6.03 Å². The van der Waals surface area contributed by atoms with Crippen LogP contribution in [0.15, 0.2) is 79.1 Å². The Labute approximate surface area is 232 Å². The van der Waals surface area contributed by atoms with E-state index in [2.05, 4.69) is 20.7 Å².